The van der Waals surface area contributed by atoms with Crippen LogP contribution in [0, 0.1) is 11.3 Å². The van der Waals surface area contributed by atoms with Crippen LogP contribution in [0.15, 0.2) is 66.9 Å². The molecule has 0 atom stereocenters. The first-order valence-corrected chi connectivity index (χ1v) is 9.61. The van der Waals surface area contributed by atoms with Crippen LogP contribution in [-0.4, -0.2) is 24.0 Å². The summed E-state index contributed by atoms with van der Waals surface area (Å²) in [5, 5.41) is 15.2. The lowest BCUT2D eigenvalue weighted by Crippen LogP contribution is -2.17. The molecule has 1 fully saturated rings. The van der Waals surface area contributed by atoms with Crippen molar-refractivity contribution in [3.8, 4) is 6.07 Å². The maximum atomic E-state index is 12.5. The molecule has 0 bridgehead atoms. The van der Waals surface area contributed by atoms with Crippen LogP contribution >= 0.6 is 0 Å². The van der Waals surface area contributed by atoms with Crippen molar-refractivity contribution in [2.24, 2.45) is 0 Å². The van der Waals surface area contributed by atoms with Gasteiger partial charge in [0.1, 0.15) is 11.8 Å². The topological polar surface area (TPSA) is 81.0 Å². The Balaban J connectivity index is 1.39. The lowest BCUT2D eigenvalue weighted by atomic mass is 10.2. The number of hydrogen-bond acceptors (Lipinski definition) is 5. The minimum Gasteiger partial charge on any atom is -0.372 e. The molecule has 0 aliphatic carbocycles. The Bertz CT molecular complexity index is 1030. The number of rotatable bonds is 5. The molecule has 1 aliphatic rings. The van der Waals surface area contributed by atoms with Crippen LogP contribution in [0.1, 0.15) is 28.9 Å². The Kier molecular flexibility index (Phi) is 5.39. The molecule has 1 saturated heterocycles. The van der Waals surface area contributed by atoms with E-state index in [1.807, 2.05) is 42.5 Å². The Morgan fingerprint density at radius 3 is 2.38 bits per heavy atom. The summed E-state index contributed by atoms with van der Waals surface area (Å²) in [6.45, 7) is 2.18. The first-order chi connectivity index (χ1) is 14.2. The Labute approximate surface area is 169 Å². The van der Waals surface area contributed by atoms with Crippen LogP contribution in [0.5, 0.6) is 0 Å². The fourth-order valence-electron chi connectivity index (χ4n) is 3.37. The van der Waals surface area contributed by atoms with E-state index in [4.69, 9.17) is 0 Å². The predicted octanol–water partition coefficient (Wildman–Crippen LogP) is 4.55. The van der Waals surface area contributed by atoms with Crippen molar-refractivity contribution in [3.63, 3.8) is 0 Å². The van der Waals surface area contributed by atoms with Crippen LogP contribution in [0.3, 0.4) is 0 Å². The zero-order valence-corrected chi connectivity index (χ0v) is 15.9. The third-order valence-electron chi connectivity index (χ3n) is 4.92. The van der Waals surface area contributed by atoms with Gasteiger partial charge in [0.25, 0.3) is 5.91 Å². The number of carbonyl (C=O) groups is 1. The van der Waals surface area contributed by atoms with E-state index in [9.17, 15) is 10.1 Å². The van der Waals surface area contributed by atoms with Crippen LogP contribution < -0.4 is 15.5 Å². The number of pyridine rings is 1. The van der Waals surface area contributed by atoms with E-state index in [1.54, 1.807) is 24.4 Å². The lowest BCUT2D eigenvalue weighted by Gasteiger charge is -2.17. The van der Waals surface area contributed by atoms with Gasteiger partial charge >= 0.3 is 0 Å². The highest BCUT2D eigenvalue weighted by Crippen LogP contribution is 2.23. The number of nitriles is 1. The summed E-state index contributed by atoms with van der Waals surface area (Å²) >= 11 is 0. The van der Waals surface area contributed by atoms with Crippen molar-refractivity contribution in [2.75, 3.05) is 28.6 Å². The fraction of sp³-hybridized carbons (Fsp3) is 0.174. The zero-order valence-electron chi connectivity index (χ0n) is 15.9. The fourth-order valence-corrected chi connectivity index (χ4v) is 3.37. The SMILES string of the molecule is N#Cc1ccccc1Nc1ccc(C(=O)Nc2ccc(N3CCCC3)cc2)nc1. The molecule has 1 aromatic heterocycles. The first kappa shape index (κ1) is 18.5. The van der Waals surface area contributed by atoms with Crippen LogP contribution in [0.2, 0.25) is 0 Å². The molecule has 0 unspecified atom stereocenters. The number of aromatic nitrogens is 1. The minimum atomic E-state index is -0.261. The predicted molar refractivity (Wildman–Crippen MR) is 115 cm³/mol. The number of nitrogens with zero attached hydrogens (tertiary/aromatic N) is 3. The second-order valence-electron chi connectivity index (χ2n) is 6.91. The lowest BCUT2D eigenvalue weighted by molar-refractivity contribution is 0.102. The number of nitrogens with one attached hydrogen (secondary N) is 2. The summed E-state index contributed by atoms with van der Waals surface area (Å²) in [5.74, 6) is -0.261. The number of para-hydroxylation sites is 1. The average Bonchev–Trinajstić information content (AvgIpc) is 3.30. The maximum Gasteiger partial charge on any atom is 0.274 e. The summed E-state index contributed by atoms with van der Waals surface area (Å²) in [6, 6.07) is 20.7. The molecule has 6 heteroatoms. The van der Waals surface area contributed by atoms with Gasteiger partial charge in [-0.05, 0) is 61.4 Å². The highest BCUT2D eigenvalue weighted by molar-refractivity contribution is 6.03. The second-order valence-corrected chi connectivity index (χ2v) is 6.91. The van der Waals surface area contributed by atoms with Crippen LogP contribution in [0.4, 0.5) is 22.7 Å². The van der Waals surface area contributed by atoms with E-state index >= 15 is 0 Å². The van der Waals surface area contributed by atoms with E-state index in [0.717, 1.165) is 18.8 Å². The summed E-state index contributed by atoms with van der Waals surface area (Å²) < 4.78 is 0. The van der Waals surface area contributed by atoms with Crippen molar-refractivity contribution in [1.29, 1.82) is 5.26 Å². The van der Waals surface area contributed by atoms with Gasteiger partial charge in [-0.2, -0.15) is 5.26 Å². The van der Waals surface area contributed by atoms with Gasteiger partial charge in [-0.3, -0.25) is 4.79 Å². The van der Waals surface area contributed by atoms with Crippen molar-refractivity contribution in [2.45, 2.75) is 12.8 Å². The van der Waals surface area contributed by atoms with Gasteiger partial charge in [-0.25, -0.2) is 4.98 Å². The molecule has 1 amide bonds. The molecule has 6 nitrogen and oxygen atoms in total. The number of amides is 1. The van der Waals surface area contributed by atoms with Gasteiger partial charge in [0.15, 0.2) is 0 Å². The largest absolute Gasteiger partial charge is 0.372 e. The highest BCUT2D eigenvalue weighted by atomic mass is 16.1. The molecule has 0 saturated carbocycles. The normalized spacial score (nSPS) is 13.0. The third-order valence-corrected chi connectivity index (χ3v) is 4.92. The monoisotopic (exact) mass is 383 g/mol. The van der Waals surface area contributed by atoms with E-state index < -0.39 is 0 Å². The van der Waals surface area contributed by atoms with Gasteiger partial charge in [-0.1, -0.05) is 12.1 Å². The van der Waals surface area contributed by atoms with E-state index in [2.05, 4.69) is 26.6 Å². The number of carbonyl (C=O) groups excluding carboxylic acids is 1. The molecule has 2 N–H and O–H groups in total. The zero-order chi connectivity index (χ0) is 20.1. The van der Waals surface area contributed by atoms with Crippen LogP contribution in [-0.2, 0) is 0 Å². The molecule has 29 heavy (non-hydrogen) atoms. The molecular weight excluding hydrogens is 362 g/mol. The number of benzene rings is 2. The third kappa shape index (κ3) is 4.36. The highest BCUT2D eigenvalue weighted by Gasteiger charge is 2.13. The van der Waals surface area contributed by atoms with Gasteiger partial charge in [0.2, 0.25) is 0 Å². The van der Waals surface area contributed by atoms with E-state index in [-0.39, 0.29) is 5.91 Å². The quantitative estimate of drug-likeness (QED) is 0.676. The van der Waals surface area contributed by atoms with Gasteiger partial charge < -0.3 is 15.5 Å². The Hall–Kier alpha value is -3.85. The van der Waals surface area contributed by atoms with Gasteiger partial charge in [0, 0.05) is 24.5 Å². The van der Waals surface area contributed by atoms with Crippen molar-refractivity contribution >= 4 is 28.7 Å². The summed E-state index contributed by atoms with van der Waals surface area (Å²) in [6.07, 6.45) is 4.05. The van der Waals surface area contributed by atoms with E-state index in [1.165, 1.54) is 18.5 Å². The number of hydrogen-bond donors (Lipinski definition) is 2. The molecule has 144 valence electrons. The van der Waals surface area contributed by atoms with Crippen molar-refractivity contribution in [1.82, 2.24) is 4.98 Å². The summed E-state index contributed by atoms with van der Waals surface area (Å²) in [5.41, 5.74) is 4.21. The van der Waals surface area contributed by atoms with Crippen molar-refractivity contribution < 1.29 is 4.79 Å². The second kappa shape index (κ2) is 8.44. The summed E-state index contributed by atoms with van der Waals surface area (Å²) in [4.78, 5) is 19.1. The standard InChI is InChI=1S/C23H21N5O/c24-15-17-5-1-2-6-21(17)26-19-9-12-22(25-16-19)23(29)27-18-7-10-20(11-8-18)28-13-3-4-14-28/h1-2,5-12,16,26H,3-4,13-14H2,(H,27,29). The molecule has 2 heterocycles. The number of anilines is 4. The molecule has 0 spiro atoms. The molecule has 0 radical (unpaired) electrons. The van der Waals surface area contributed by atoms with E-state index in [0.29, 0.717) is 22.6 Å². The average molecular weight is 383 g/mol. The molecule has 2 aromatic carbocycles. The van der Waals surface area contributed by atoms with Crippen molar-refractivity contribution in [3.05, 3.63) is 78.1 Å². The molecule has 1 aliphatic heterocycles. The summed E-state index contributed by atoms with van der Waals surface area (Å²) in [7, 11) is 0. The van der Waals surface area contributed by atoms with Gasteiger partial charge in [-0.15, -0.1) is 0 Å². The van der Waals surface area contributed by atoms with Crippen LogP contribution in [0.25, 0.3) is 0 Å². The maximum absolute atomic E-state index is 12.5. The van der Waals surface area contributed by atoms with Gasteiger partial charge in [0.05, 0.1) is 23.1 Å². The molecule has 3 aromatic rings. The first-order valence-electron chi connectivity index (χ1n) is 9.61. The minimum absolute atomic E-state index is 0.261. The molecule has 4 rings (SSSR count). The Morgan fingerprint density at radius 2 is 1.69 bits per heavy atom. The molecular formula is C23H21N5O. The Morgan fingerprint density at radius 1 is 0.966 bits per heavy atom. The smallest absolute Gasteiger partial charge is 0.274 e.